The Morgan fingerprint density at radius 2 is 1.88 bits per heavy atom. The summed E-state index contributed by atoms with van der Waals surface area (Å²) in [6.45, 7) is 3.18. The first-order chi connectivity index (χ1) is 15.3. The van der Waals surface area contributed by atoms with E-state index in [9.17, 15) is 24.0 Å². The molecule has 0 bridgehead atoms. The normalized spacial score (nSPS) is 22.5. The molecule has 3 heterocycles. The number of anilines is 1. The Morgan fingerprint density at radius 3 is 2.56 bits per heavy atom. The molecule has 10 nitrogen and oxygen atoms in total. The Labute approximate surface area is 185 Å². The van der Waals surface area contributed by atoms with Crippen molar-refractivity contribution in [2.24, 2.45) is 0 Å². The number of carbonyl (C=O) groups excluding carboxylic acids is 5. The Balaban J connectivity index is 1.41. The van der Waals surface area contributed by atoms with E-state index in [1.54, 1.807) is 13.0 Å². The number of fused-ring (bicyclic) bond motifs is 1. The summed E-state index contributed by atoms with van der Waals surface area (Å²) in [5.41, 5.74) is 6.26. The number of imide groups is 2. The van der Waals surface area contributed by atoms with Gasteiger partial charge in [0.2, 0.25) is 5.91 Å². The van der Waals surface area contributed by atoms with Gasteiger partial charge in [-0.25, -0.2) is 0 Å². The minimum absolute atomic E-state index is 0.00256. The molecule has 170 valence electrons. The number of benzene rings is 1. The summed E-state index contributed by atoms with van der Waals surface area (Å²) in [7, 11) is 0. The molecule has 0 spiro atoms. The summed E-state index contributed by atoms with van der Waals surface area (Å²) < 4.78 is 5.29. The maximum Gasteiger partial charge on any atom is 0.323 e. The van der Waals surface area contributed by atoms with Crippen LogP contribution >= 0.6 is 0 Å². The summed E-state index contributed by atoms with van der Waals surface area (Å²) in [5.74, 6) is -2.72. The maximum atomic E-state index is 13.0. The number of carbonyl (C=O) groups is 5. The number of nitrogen functional groups attached to an aromatic ring is 1. The number of piperidine rings is 1. The molecule has 0 saturated carbocycles. The van der Waals surface area contributed by atoms with Crippen LogP contribution in [0.4, 0.5) is 5.69 Å². The molecule has 3 aliphatic rings. The molecule has 32 heavy (non-hydrogen) atoms. The zero-order valence-corrected chi connectivity index (χ0v) is 17.9. The van der Waals surface area contributed by atoms with Crippen LogP contribution in [0.3, 0.4) is 0 Å². The van der Waals surface area contributed by atoms with Crippen LogP contribution < -0.4 is 5.73 Å². The lowest BCUT2D eigenvalue weighted by Gasteiger charge is -2.34. The summed E-state index contributed by atoms with van der Waals surface area (Å²) in [5, 5.41) is 0. The van der Waals surface area contributed by atoms with E-state index < -0.39 is 35.6 Å². The van der Waals surface area contributed by atoms with Crippen molar-refractivity contribution in [2.45, 2.75) is 44.7 Å². The largest absolute Gasteiger partial charge is 0.463 e. The van der Waals surface area contributed by atoms with Gasteiger partial charge in [-0.1, -0.05) is 6.07 Å². The SMILES string of the molecule is C[C@@H](C(=O)OCCN1C(=O)CCC(N2C(=O)c3cccc(N)c3C2=O)C1=O)N1CCCC1. The second kappa shape index (κ2) is 8.70. The van der Waals surface area contributed by atoms with E-state index in [4.69, 9.17) is 10.5 Å². The van der Waals surface area contributed by atoms with Gasteiger partial charge in [-0.15, -0.1) is 0 Å². The molecule has 2 N–H and O–H groups in total. The standard InChI is InChI=1S/C22H26N4O6/c1-13(24-9-2-3-10-24)22(31)32-12-11-25-17(27)8-7-16(20(25)29)26-19(28)14-5-4-6-15(23)18(14)21(26)30/h4-6,13,16H,2-3,7-12,23H2,1H3/t13-,16?/m0/s1. The van der Waals surface area contributed by atoms with Gasteiger partial charge in [-0.2, -0.15) is 0 Å². The predicted molar refractivity (Wildman–Crippen MR) is 112 cm³/mol. The van der Waals surface area contributed by atoms with Gasteiger partial charge in [0, 0.05) is 12.1 Å². The van der Waals surface area contributed by atoms with Crippen molar-refractivity contribution in [1.29, 1.82) is 0 Å². The number of hydrogen-bond acceptors (Lipinski definition) is 8. The summed E-state index contributed by atoms with van der Waals surface area (Å²) in [6.07, 6.45) is 2.13. The van der Waals surface area contributed by atoms with Crippen molar-refractivity contribution in [1.82, 2.24) is 14.7 Å². The second-order valence-corrected chi connectivity index (χ2v) is 8.27. The van der Waals surface area contributed by atoms with E-state index in [0.29, 0.717) is 0 Å². The third-order valence-electron chi connectivity index (χ3n) is 6.36. The number of likely N-dealkylation sites (tertiary alicyclic amines) is 2. The lowest BCUT2D eigenvalue weighted by atomic mass is 10.0. The molecule has 1 aromatic carbocycles. The molecular weight excluding hydrogens is 416 g/mol. The van der Waals surface area contributed by atoms with Crippen LogP contribution in [0.5, 0.6) is 0 Å². The van der Waals surface area contributed by atoms with Gasteiger partial charge in [-0.3, -0.25) is 38.7 Å². The first-order valence-electron chi connectivity index (χ1n) is 10.8. The van der Waals surface area contributed by atoms with Gasteiger partial charge in [0.25, 0.3) is 17.7 Å². The molecule has 2 atom stereocenters. The van der Waals surface area contributed by atoms with Crippen LogP contribution in [0, 0.1) is 0 Å². The molecule has 0 radical (unpaired) electrons. The maximum absolute atomic E-state index is 13.0. The van der Waals surface area contributed by atoms with E-state index in [2.05, 4.69) is 0 Å². The average molecular weight is 442 g/mol. The zero-order valence-electron chi connectivity index (χ0n) is 17.9. The van der Waals surface area contributed by atoms with E-state index in [1.807, 2.05) is 4.90 Å². The Hall–Kier alpha value is -3.27. The fourth-order valence-electron chi connectivity index (χ4n) is 4.54. The molecule has 0 aliphatic carbocycles. The van der Waals surface area contributed by atoms with Crippen LogP contribution in [-0.2, 0) is 19.1 Å². The minimum Gasteiger partial charge on any atom is -0.463 e. The molecule has 3 aliphatic heterocycles. The van der Waals surface area contributed by atoms with Crippen molar-refractivity contribution >= 4 is 35.3 Å². The highest BCUT2D eigenvalue weighted by molar-refractivity contribution is 6.25. The lowest BCUT2D eigenvalue weighted by Crippen LogP contribution is -2.56. The highest BCUT2D eigenvalue weighted by atomic mass is 16.5. The van der Waals surface area contributed by atoms with Gasteiger partial charge in [0.15, 0.2) is 0 Å². The van der Waals surface area contributed by atoms with E-state index in [-0.39, 0.29) is 48.8 Å². The van der Waals surface area contributed by atoms with Crippen LogP contribution in [0.2, 0.25) is 0 Å². The van der Waals surface area contributed by atoms with E-state index in [0.717, 1.165) is 35.7 Å². The van der Waals surface area contributed by atoms with Crippen LogP contribution in [0.1, 0.15) is 53.3 Å². The van der Waals surface area contributed by atoms with Crippen LogP contribution in [0.15, 0.2) is 18.2 Å². The monoisotopic (exact) mass is 442 g/mol. The topological polar surface area (TPSA) is 130 Å². The third kappa shape index (κ3) is 3.75. The Bertz CT molecular complexity index is 987. The van der Waals surface area contributed by atoms with Gasteiger partial charge in [0.05, 0.1) is 17.7 Å². The van der Waals surface area contributed by atoms with Crippen LogP contribution in [-0.4, -0.2) is 82.6 Å². The first kappa shape index (κ1) is 21.9. The summed E-state index contributed by atoms with van der Waals surface area (Å²) >= 11 is 0. The fraction of sp³-hybridized carbons (Fsp3) is 0.500. The quantitative estimate of drug-likeness (QED) is 0.381. The number of esters is 1. The third-order valence-corrected chi connectivity index (χ3v) is 6.36. The number of ether oxygens (including phenoxy) is 1. The highest BCUT2D eigenvalue weighted by Gasteiger charge is 2.47. The Kier molecular flexibility index (Phi) is 5.96. The first-order valence-corrected chi connectivity index (χ1v) is 10.8. The molecule has 10 heteroatoms. The molecule has 4 amide bonds. The average Bonchev–Trinajstić information content (AvgIpc) is 3.39. The van der Waals surface area contributed by atoms with Crippen LogP contribution in [0.25, 0.3) is 0 Å². The van der Waals surface area contributed by atoms with Crippen molar-refractivity contribution in [3.63, 3.8) is 0 Å². The second-order valence-electron chi connectivity index (χ2n) is 8.27. The number of rotatable bonds is 6. The molecule has 1 unspecified atom stereocenters. The number of nitrogens with two attached hydrogens (primary N) is 1. The lowest BCUT2D eigenvalue weighted by molar-refractivity contribution is -0.157. The van der Waals surface area contributed by atoms with Gasteiger partial charge in [-0.05, 0) is 51.4 Å². The predicted octanol–water partition coefficient (Wildman–Crippen LogP) is 0.410. The molecule has 2 fully saturated rings. The molecule has 2 saturated heterocycles. The van der Waals surface area contributed by atoms with E-state index >= 15 is 0 Å². The Morgan fingerprint density at radius 1 is 1.16 bits per heavy atom. The van der Waals surface area contributed by atoms with Crippen molar-refractivity contribution in [3.05, 3.63) is 29.3 Å². The van der Waals surface area contributed by atoms with Crippen molar-refractivity contribution < 1.29 is 28.7 Å². The van der Waals surface area contributed by atoms with Crippen molar-refractivity contribution in [2.75, 3.05) is 32.0 Å². The molecule has 4 rings (SSSR count). The molecular formula is C22H26N4O6. The number of amides is 4. The summed E-state index contributed by atoms with van der Waals surface area (Å²) in [6, 6.07) is 3.09. The number of hydrogen-bond donors (Lipinski definition) is 1. The van der Waals surface area contributed by atoms with Gasteiger partial charge >= 0.3 is 5.97 Å². The summed E-state index contributed by atoms with van der Waals surface area (Å²) in [4.78, 5) is 67.3. The zero-order chi connectivity index (χ0) is 23.0. The number of nitrogens with zero attached hydrogens (tertiary/aromatic N) is 3. The minimum atomic E-state index is -1.10. The van der Waals surface area contributed by atoms with Gasteiger partial charge in [0.1, 0.15) is 18.7 Å². The van der Waals surface area contributed by atoms with Crippen molar-refractivity contribution in [3.8, 4) is 0 Å². The van der Waals surface area contributed by atoms with Gasteiger partial charge < -0.3 is 10.5 Å². The molecule has 1 aromatic rings. The van der Waals surface area contributed by atoms with E-state index in [1.165, 1.54) is 12.1 Å². The fourth-order valence-corrected chi connectivity index (χ4v) is 4.54. The molecule has 0 aromatic heterocycles. The smallest absolute Gasteiger partial charge is 0.323 e. The highest BCUT2D eigenvalue weighted by Crippen LogP contribution is 2.32.